The predicted octanol–water partition coefficient (Wildman–Crippen LogP) is 2.96. The topological polar surface area (TPSA) is 60.9 Å². The van der Waals surface area contributed by atoms with Crippen LogP contribution in [0.1, 0.15) is 50.4 Å². The summed E-state index contributed by atoms with van der Waals surface area (Å²) >= 11 is 0. The zero-order valence-corrected chi connectivity index (χ0v) is 22.9. The van der Waals surface area contributed by atoms with E-state index in [0.717, 1.165) is 61.9 Å². The summed E-state index contributed by atoms with van der Waals surface area (Å²) < 4.78 is 19.2. The molecule has 2 aromatic rings. The van der Waals surface area contributed by atoms with Gasteiger partial charge in [0.05, 0.1) is 31.1 Å². The lowest BCUT2D eigenvalue weighted by Gasteiger charge is -2.44. The second kappa shape index (κ2) is 9.97. The number of anilines is 1. The fourth-order valence-corrected chi connectivity index (χ4v) is 6.51. The van der Waals surface area contributed by atoms with Crippen molar-refractivity contribution in [2.24, 2.45) is 0 Å². The molecule has 8 heteroatoms. The molecular formula is C30H40FN5O2. The van der Waals surface area contributed by atoms with Gasteiger partial charge in [-0.2, -0.15) is 0 Å². The van der Waals surface area contributed by atoms with Crippen LogP contribution in [0.3, 0.4) is 0 Å². The van der Waals surface area contributed by atoms with Crippen molar-refractivity contribution >= 4 is 11.6 Å². The first kappa shape index (κ1) is 25.9. The van der Waals surface area contributed by atoms with Crippen molar-refractivity contribution in [1.29, 1.82) is 0 Å². The van der Waals surface area contributed by atoms with Crippen LogP contribution in [-0.4, -0.2) is 90.8 Å². The molecule has 2 saturated heterocycles. The van der Waals surface area contributed by atoms with E-state index in [1.165, 1.54) is 25.0 Å². The maximum absolute atomic E-state index is 13.9. The Bertz CT molecular complexity index is 1180. The van der Waals surface area contributed by atoms with Crippen molar-refractivity contribution in [3.05, 3.63) is 59.2 Å². The number of rotatable bonds is 6. The Hall–Kier alpha value is -2.39. The van der Waals surface area contributed by atoms with Crippen molar-refractivity contribution < 1.29 is 13.9 Å². The lowest BCUT2D eigenvalue weighted by atomic mass is 9.91. The molecule has 1 saturated carbocycles. The van der Waals surface area contributed by atoms with Gasteiger partial charge >= 0.3 is 0 Å². The summed E-state index contributed by atoms with van der Waals surface area (Å²) in [5, 5.41) is 3.65. The molecule has 1 aromatic carbocycles. The molecule has 0 bridgehead atoms. The van der Waals surface area contributed by atoms with Crippen molar-refractivity contribution in [3.8, 4) is 0 Å². The third-order valence-electron chi connectivity index (χ3n) is 8.90. The van der Waals surface area contributed by atoms with Crippen LogP contribution in [0.15, 0.2) is 36.5 Å². The number of carbonyl (C=O) groups excluding carboxylic acids is 1. The number of carbonyl (C=O) groups is 1. The van der Waals surface area contributed by atoms with Crippen LogP contribution < -0.4 is 10.2 Å². The third kappa shape index (κ3) is 5.11. The quantitative estimate of drug-likeness (QED) is 0.631. The first-order chi connectivity index (χ1) is 18.2. The van der Waals surface area contributed by atoms with Crippen LogP contribution in [0.25, 0.3) is 0 Å². The van der Waals surface area contributed by atoms with Gasteiger partial charge in [0.15, 0.2) is 0 Å². The van der Waals surface area contributed by atoms with Crippen LogP contribution in [0.5, 0.6) is 0 Å². The van der Waals surface area contributed by atoms with Gasteiger partial charge in [-0.25, -0.2) is 4.39 Å². The summed E-state index contributed by atoms with van der Waals surface area (Å²) in [4.78, 5) is 25.7. The second-order valence-corrected chi connectivity index (χ2v) is 12.5. The number of amides is 1. The van der Waals surface area contributed by atoms with E-state index in [4.69, 9.17) is 9.72 Å². The van der Waals surface area contributed by atoms with E-state index in [1.54, 1.807) is 12.1 Å². The van der Waals surface area contributed by atoms with Crippen molar-refractivity contribution in [2.45, 2.75) is 63.1 Å². The van der Waals surface area contributed by atoms with Gasteiger partial charge in [0.1, 0.15) is 5.82 Å². The minimum Gasteiger partial charge on any atom is -0.378 e. The summed E-state index contributed by atoms with van der Waals surface area (Å²) in [6.07, 6.45) is 4.99. The van der Waals surface area contributed by atoms with Crippen LogP contribution >= 0.6 is 0 Å². The first-order valence-electron chi connectivity index (χ1n) is 14.1. The highest BCUT2D eigenvalue weighted by Crippen LogP contribution is 2.44. The van der Waals surface area contributed by atoms with Gasteiger partial charge in [-0.3, -0.25) is 19.6 Å². The van der Waals surface area contributed by atoms with E-state index in [1.807, 2.05) is 11.1 Å². The number of nitrogens with one attached hydrogen (secondary N) is 1. The Balaban J connectivity index is 1.19. The van der Waals surface area contributed by atoms with Gasteiger partial charge in [0.2, 0.25) is 5.91 Å². The van der Waals surface area contributed by atoms with Gasteiger partial charge in [-0.15, -0.1) is 0 Å². The number of ether oxygens (including phenoxy) is 1. The van der Waals surface area contributed by atoms with E-state index in [-0.39, 0.29) is 22.7 Å². The molecule has 2 atom stereocenters. The highest BCUT2D eigenvalue weighted by Gasteiger charge is 2.50. The molecule has 1 aliphatic carbocycles. The Morgan fingerprint density at radius 2 is 2.00 bits per heavy atom. The van der Waals surface area contributed by atoms with Crippen LogP contribution in [0, 0.1) is 5.82 Å². The number of piperazine rings is 1. The number of hydrogen-bond acceptors (Lipinski definition) is 6. The Morgan fingerprint density at radius 3 is 2.76 bits per heavy atom. The number of halogens is 1. The molecule has 4 aliphatic rings. The Labute approximate surface area is 225 Å². The normalized spacial score (nSPS) is 26.5. The summed E-state index contributed by atoms with van der Waals surface area (Å²) in [6.45, 7) is 12.9. The number of hydrogen-bond donors (Lipinski definition) is 1. The zero-order valence-electron chi connectivity index (χ0n) is 22.9. The molecule has 38 heavy (non-hydrogen) atoms. The summed E-state index contributed by atoms with van der Waals surface area (Å²) in [5.74, 6) is -0.0967. The molecule has 7 nitrogen and oxygen atoms in total. The molecule has 3 aliphatic heterocycles. The van der Waals surface area contributed by atoms with E-state index in [0.29, 0.717) is 31.6 Å². The maximum atomic E-state index is 13.9. The number of benzene rings is 1. The standard InChI is InChI=1S/C30H40FN5O2/c1-21-16-34(25(15-32-21)17-35-10-11-38-20-30(35)8-9-30)18-27(37)36-19-29(2,3)28-26(36)13-23(14-33-28)12-22-4-6-24(31)7-5-22/h4-7,13-14,21,25,32H,8-12,15-20H2,1-3H3/t21-,25-/m1/s1. The minimum atomic E-state index is -0.235. The van der Waals surface area contributed by atoms with Gasteiger partial charge in [0, 0.05) is 62.0 Å². The molecule has 1 spiro atoms. The van der Waals surface area contributed by atoms with E-state index in [9.17, 15) is 9.18 Å². The van der Waals surface area contributed by atoms with Gasteiger partial charge in [-0.05, 0) is 55.5 Å². The van der Waals surface area contributed by atoms with Crippen molar-refractivity contribution in [2.75, 3.05) is 57.4 Å². The molecule has 4 heterocycles. The molecule has 6 rings (SSSR count). The average Bonchev–Trinajstić information content (AvgIpc) is 3.60. The number of morpholine rings is 1. The van der Waals surface area contributed by atoms with Gasteiger partial charge in [0.25, 0.3) is 0 Å². The zero-order chi connectivity index (χ0) is 26.5. The summed E-state index contributed by atoms with van der Waals surface area (Å²) in [6, 6.07) is 9.35. The molecule has 1 N–H and O–H groups in total. The molecule has 1 amide bonds. The highest BCUT2D eigenvalue weighted by atomic mass is 19.1. The molecular weight excluding hydrogens is 481 g/mol. The van der Waals surface area contributed by atoms with E-state index in [2.05, 4.69) is 42.0 Å². The van der Waals surface area contributed by atoms with E-state index >= 15 is 0 Å². The minimum absolute atomic E-state index is 0.139. The Morgan fingerprint density at radius 1 is 1.21 bits per heavy atom. The maximum Gasteiger partial charge on any atom is 0.241 e. The lowest BCUT2D eigenvalue weighted by molar-refractivity contribution is -0.121. The molecule has 3 fully saturated rings. The SMILES string of the molecule is C[C@@H]1CN(CC(=O)N2CC(C)(C)c3ncc(Cc4ccc(F)cc4)cc32)[C@@H](CN2CCOCC23CC3)CN1. The first-order valence-corrected chi connectivity index (χ1v) is 14.1. The largest absolute Gasteiger partial charge is 0.378 e. The third-order valence-corrected chi connectivity index (χ3v) is 8.90. The predicted molar refractivity (Wildman–Crippen MR) is 146 cm³/mol. The second-order valence-electron chi connectivity index (χ2n) is 12.5. The number of nitrogens with zero attached hydrogens (tertiary/aromatic N) is 4. The van der Waals surface area contributed by atoms with Crippen LogP contribution in [0.2, 0.25) is 0 Å². The van der Waals surface area contributed by atoms with Gasteiger partial charge in [-0.1, -0.05) is 26.0 Å². The van der Waals surface area contributed by atoms with Gasteiger partial charge < -0.3 is 15.0 Å². The number of aromatic nitrogens is 1. The van der Waals surface area contributed by atoms with Crippen molar-refractivity contribution in [3.63, 3.8) is 0 Å². The smallest absolute Gasteiger partial charge is 0.241 e. The summed E-state index contributed by atoms with van der Waals surface area (Å²) in [5.41, 5.74) is 3.98. The Kier molecular flexibility index (Phi) is 6.79. The van der Waals surface area contributed by atoms with Crippen LogP contribution in [-0.2, 0) is 21.4 Å². The summed E-state index contributed by atoms with van der Waals surface area (Å²) in [7, 11) is 0. The number of fused-ring (bicyclic) bond motifs is 1. The molecule has 0 unspecified atom stereocenters. The molecule has 0 radical (unpaired) electrons. The number of pyridine rings is 1. The highest BCUT2D eigenvalue weighted by molar-refractivity contribution is 5.97. The monoisotopic (exact) mass is 521 g/mol. The fourth-order valence-electron chi connectivity index (χ4n) is 6.51. The van der Waals surface area contributed by atoms with E-state index < -0.39 is 0 Å². The fraction of sp³-hybridized carbons (Fsp3) is 0.600. The molecule has 204 valence electrons. The lowest BCUT2D eigenvalue weighted by Crippen LogP contribution is -2.62. The van der Waals surface area contributed by atoms with Crippen LogP contribution in [0.4, 0.5) is 10.1 Å². The average molecular weight is 522 g/mol. The van der Waals surface area contributed by atoms with Crippen molar-refractivity contribution in [1.82, 2.24) is 20.1 Å². The molecule has 1 aromatic heterocycles.